The van der Waals surface area contributed by atoms with Crippen molar-refractivity contribution in [3.8, 4) is 22.8 Å². The number of morpholine rings is 1. The van der Waals surface area contributed by atoms with E-state index in [1.165, 1.54) is 7.11 Å². The summed E-state index contributed by atoms with van der Waals surface area (Å²) in [5.74, 6) is 0.117. The Balaban J connectivity index is 1.58. The Morgan fingerprint density at radius 1 is 1.35 bits per heavy atom. The van der Waals surface area contributed by atoms with Crippen LogP contribution < -0.4 is 20.1 Å². The molecule has 3 aromatic rings. The number of halogens is 2. The second kappa shape index (κ2) is 11.0. The Kier molecular flexibility index (Phi) is 7.50. The van der Waals surface area contributed by atoms with Gasteiger partial charge in [0.2, 0.25) is 0 Å². The SMILES string of the molecule is COc1c(Cl)cccc1Nc1c(-c2ccncc2OC[C@H]2CN(C)CCO2)[nH]c2c1C(=O)NC[C@@H]2CF. The van der Waals surface area contributed by atoms with Gasteiger partial charge in [-0.15, -0.1) is 0 Å². The van der Waals surface area contributed by atoms with Gasteiger partial charge < -0.3 is 34.7 Å². The number of likely N-dealkylation sites (N-methyl/N-ethyl adjacent to an activating group) is 1. The lowest BCUT2D eigenvalue weighted by Gasteiger charge is -2.30. The number of rotatable bonds is 8. The Morgan fingerprint density at radius 3 is 3.00 bits per heavy atom. The van der Waals surface area contributed by atoms with Crippen LogP contribution in [0, 0.1) is 0 Å². The zero-order chi connectivity index (χ0) is 25.9. The van der Waals surface area contributed by atoms with Crippen molar-refractivity contribution >= 4 is 28.9 Å². The summed E-state index contributed by atoms with van der Waals surface area (Å²) in [7, 11) is 3.56. The van der Waals surface area contributed by atoms with Crippen LogP contribution in [0.25, 0.3) is 11.3 Å². The fraction of sp³-hybridized carbons (Fsp3) is 0.385. The topological polar surface area (TPSA) is 101 Å². The average Bonchev–Trinajstić information content (AvgIpc) is 3.28. The number of pyridine rings is 1. The van der Waals surface area contributed by atoms with E-state index in [1.54, 1.807) is 36.7 Å². The van der Waals surface area contributed by atoms with Gasteiger partial charge in [0.25, 0.3) is 5.91 Å². The van der Waals surface area contributed by atoms with Gasteiger partial charge in [0, 0.05) is 43.0 Å². The van der Waals surface area contributed by atoms with Crippen molar-refractivity contribution < 1.29 is 23.4 Å². The summed E-state index contributed by atoms with van der Waals surface area (Å²) in [6, 6.07) is 7.08. The first-order chi connectivity index (χ1) is 18.0. The number of amides is 1. The second-order valence-corrected chi connectivity index (χ2v) is 9.52. The number of aromatic amines is 1. The minimum absolute atomic E-state index is 0.0846. The van der Waals surface area contributed by atoms with Crippen molar-refractivity contribution in [2.24, 2.45) is 0 Å². The number of hydrogen-bond donors (Lipinski definition) is 3. The van der Waals surface area contributed by atoms with E-state index in [0.717, 1.165) is 13.1 Å². The first-order valence-corrected chi connectivity index (χ1v) is 12.4. The molecule has 11 heteroatoms. The van der Waals surface area contributed by atoms with Gasteiger partial charge in [-0.2, -0.15) is 0 Å². The minimum Gasteiger partial charge on any atom is -0.493 e. The highest BCUT2D eigenvalue weighted by atomic mass is 35.5. The van der Waals surface area contributed by atoms with Crippen LogP contribution in [0.2, 0.25) is 5.02 Å². The normalized spacial score (nSPS) is 19.7. The molecule has 37 heavy (non-hydrogen) atoms. The van der Waals surface area contributed by atoms with Crippen LogP contribution in [0.5, 0.6) is 11.5 Å². The van der Waals surface area contributed by atoms with Crippen molar-refractivity contribution in [3.05, 3.63) is 52.9 Å². The minimum atomic E-state index is -0.626. The number of benzene rings is 1. The van der Waals surface area contributed by atoms with E-state index in [9.17, 15) is 9.18 Å². The molecule has 1 aromatic carbocycles. The van der Waals surface area contributed by atoms with Gasteiger partial charge in [-0.1, -0.05) is 17.7 Å². The van der Waals surface area contributed by atoms with E-state index in [0.29, 0.717) is 63.6 Å². The third-order valence-electron chi connectivity index (χ3n) is 6.61. The van der Waals surface area contributed by atoms with Gasteiger partial charge in [-0.05, 0) is 25.2 Å². The summed E-state index contributed by atoms with van der Waals surface area (Å²) in [4.78, 5) is 22.8. The molecule has 4 heterocycles. The highest BCUT2D eigenvalue weighted by molar-refractivity contribution is 6.32. The third-order valence-corrected chi connectivity index (χ3v) is 6.91. The number of H-pyrrole nitrogens is 1. The number of para-hydroxylation sites is 1. The molecule has 1 fully saturated rings. The number of nitrogens with one attached hydrogen (secondary N) is 3. The van der Waals surface area contributed by atoms with Gasteiger partial charge in [-0.3, -0.25) is 14.2 Å². The zero-order valence-electron chi connectivity index (χ0n) is 20.6. The number of alkyl halides is 1. The van der Waals surface area contributed by atoms with Gasteiger partial charge in [-0.25, -0.2) is 0 Å². The third kappa shape index (κ3) is 5.09. The Morgan fingerprint density at radius 2 is 2.22 bits per heavy atom. The summed E-state index contributed by atoms with van der Waals surface area (Å²) < 4.78 is 31.5. The first-order valence-electron chi connectivity index (χ1n) is 12.1. The van der Waals surface area contributed by atoms with E-state index < -0.39 is 12.6 Å². The lowest BCUT2D eigenvalue weighted by molar-refractivity contribution is -0.0403. The molecule has 2 aliphatic rings. The molecule has 2 atom stereocenters. The Labute approximate surface area is 219 Å². The van der Waals surface area contributed by atoms with E-state index in [2.05, 4.69) is 25.5 Å². The highest BCUT2D eigenvalue weighted by Gasteiger charge is 2.34. The highest BCUT2D eigenvalue weighted by Crippen LogP contribution is 2.44. The van der Waals surface area contributed by atoms with E-state index in [1.807, 2.05) is 7.05 Å². The van der Waals surface area contributed by atoms with E-state index >= 15 is 0 Å². The number of aromatic nitrogens is 2. The van der Waals surface area contributed by atoms with Gasteiger partial charge in [0.05, 0.1) is 54.2 Å². The van der Waals surface area contributed by atoms with Crippen LogP contribution in [0.3, 0.4) is 0 Å². The van der Waals surface area contributed by atoms with Crippen LogP contribution in [0.15, 0.2) is 36.7 Å². The maximum atomic E-state index is 14.0. The molecule has 2 aromatic heterocycles. The molecule has 0 spiro atoms. The molecular weight excluding hydrogens is 501 g/mol. The summed E-state index contributed by atoms with van der Waals surface area (Å²) in [6.07, 6.45) is 3.18. The number of fused-ring (bicyclic) bond motifs is 1. The average molecular weight is 530 g/mol. The number of anilines is 2. The van der Waals surface area contributed by atoms with Gasteiger partial charge in [0.15, 0.2) is 5.75 Å². The largest absolute Gasteiger partial charge is 0.493 e. The molecular formula is C26H29ClFN5O4. The van der Waals surface area contributed by atoms with Gasteiger partial charge in [0.1, 0.15) is 18.5 Å². The molecule has 196 valence electrons. The quantitative estimate of drug-likeness (QED) is 0.405. The van der Waals surface area contributed by atoms with E-state index in [4.69, 9.17) is 25.8 Å². The summed E-state index contributed by atoms with van der Waals surface area (Å²) in [5, 5.41) is 6.53. The van der Waals surface area contributed by atoms with Crippen LogP contribution in [-0.2, 0) is 4.74 Å². The molecule has 0 unspecified atom stereocenters. The smallest absolute Gasteiger partial charge is 0.255 e. The molecule has 2 aliphatic heterocycles. The lowest BCUT2D eigenvalue weighted by Crippen LogP contribution is -2.42. The predicted molar refractivity (Wildman–Crippen MR) is 139 cm³/mol. The first kappa shape index (κ1) is 25.3. The van der Waals surface area contributed by atoms with Crippen molar-refractivity contribution in [1.82, 2.24) is 20.2 Å². The van der Waals surface area contributed by atoms with Crippen molar-refractivity contribution in [2.75, 3.05) is 59.0 Å². The van der Waals surface area contributed by atoms with Crippen LogP contribution in [0.1, 0.15) is 22.0 Å². The molecule has 9 nitrogen and oxygen atoms in total. The maximum Gasteiger partial charge on any atom is 0.255 e. The zero-order valence-corrected chi connectivity index (χ0v) is 21.4. The predicted octanol–water partition coefficient (Wildman–Crippen LogP) is 3.99. The van der Waals surface area contributed by atoms with Crippen molar-refractivity contribution in [1.29, 1.82) is 0 Å². The number of carbonyl (C=O) groups excluding carboxylic acids is 1. The maximum absolute atomic E-state index is 14.0. The Hall–Kier alpha value is -3.34. The number of nitrogens with zero attached hydrogens (tertiary/aromatic N) is 2. The fourth-order valence-corrected chi connectivity index (χ4v) is 4.98. The molecule has 5 rings (SSSR count). The standard InChI is InChI=1S/C26H29ClFN5O4/c1-33-8-9-36-16(13-33)14-37-20-12-29-7-6-17(20)23-24(31-19-5-3-4-18(27)25(19)35-2)21-22(32-23)15(10-28)11-30-26(21)34/h3-7,12,15-16,31-32H,8-11,13-14H2,1-2H3,(H,30,34)/t15-,16+/m0/s1. The molecule has 1 amide bonds. The number of ether oxygens (including phenoxy) is 3. The van der Waals surface area contributed by atoms with Crippen LogP contribution in [-0.4, -0.2) is 80.6 Å². The van der Waals surface area contributed by atoms with E-state index in [-0.39, 0.29) is 18.6 Å². The molecule has 3 N–H and O–H groups in total. The second-order valence-electron chi connectivity index (χ2n) is 9.11. The number of methoxy groups -OCH3 is 1. The van der Waals surface area contributed by atoms with Gasteiger partial charge >= 0.3 is 0 Å². The monoisotopic (exact) mass is 529 g/mol. The summed E-state index contributed by atoms with van der Waals surface area (Å²) >= 11 is 6.35. The summed E-state index contributed by atoms with van der Waals surface area (Å²) in [6.45, 7) is 2.19. The summed E-state index contributed by atoms with van der Waals surface area (Å²) in [5.41, 5.74) is 3.12. The van der Waals surface area contributed by atoms with Crippen molar-refractivity contribution in [3.63, 3.8) is 0 Å². The Bertz CT molecular complexity index is 1290. The van der Waals surface area contributed by atoms with Crippen LogP contribution in [0.4, 0.5) is 15.8 Å². The lowest BCUT2D eigenvalue weighted by atomic mass is 9.97. The van der Waals surface area contributed by atoms with Crippen molar-refractivity contribution in [2.45, 2.75) is 12.0 Å². The molecule has 0 radical (unpaired) electrons. The number of hydrogen-bond acceptors (Lipinski definition) is 7. The molecule has 0 aliphatic carbocycles. The number of carbonyl (C=O) groups is 1. The molecule has 0 saturated carbocycles. The van der Waals surface area contributed by atoms with Crippen LogP contribution >= 0.6 is 11.6 Å². The molecule has 1 saturated heterocycles. The fourth-order valence-electron chi connectivity index (χ4n) is 4.73. The molecule has 0 bridgehead atoms.